The average molecular weight is 404 g/mol. The van der Waals surface area contributed by atoms with Crippen LogP contribution in [0.25, 0.3) is 0 Å². The Hall–Kier alpha value is -2.61. The summed E-state index contributed by atoms with van der Waals surface area (Å²) in [5.41, 5.74) is 5.17. The van der Waals surface area contributed by atoms with Crippen LogP contribution < -0.4 is 0 Å². The van der Waals surface area contributed by atoms with Gasteiger partial charge in [0.25, 0.3) is 5.91 Å². The molecule has 0 saturated carbocycles. The molecule has 1 amide bonds. The highest BCUT2D eigenvalue weighted by Crippen LogP contribution is 2.19. The number of hydrogen-bond donors (Lipinski definition) is 0. The van der Waals surface area contributed by atoms with E-state index in [9.17, 15) is 4.79 Å². The normalized spacial score (nSPS) is 11.2. The molecule has 0 aliphatic carbocycles. The van der Waals surface area contributed by atoms with Gasteiger partial charge in [0.2, 0.25) is 0 Å². The Morgan fingerprint density at radius 2 is 1.75 bits per heavy atom. The van der Waals surface area contributed by atoms with Crippen molar-refractivity contribution in [3.63, 3.8) is 0 Å². The zero-order chi connectivity index (χ0) is 20.6. The molecule has 0 N–H and O–H groups in total. The highest BCUT2D eigenvalue weighted by atomic mass is 35.5. The Bertz CT molecular complexity index is 1010. The summed E-state index contributed by atoms with van der Waals surface area (Å²) in [6, 6.07) is 1.72. The summed E-state index contributed by atoms with van der Waals surface area (Å²) in [7, 11) is 1.78. The van der Waals surface area contributed by atoms with E-state index in [2.05, 4.69) is 22.2 Å². The number of nitrogens with zero attached hydrogens (tertiary/aromatic N) is 7. The van der Waals surface area contributed by atoms with Crippen LogP contribution in [0.1, 0.15) is 45.8 Å². The smallest absolute Gasteiger partial charge is 0.274 e. The van der Waals surface area contributed by atoms with E-state index >= 15 is 0 Å². The summed E-state index contributed by atoms with van der Waals surface area (Å²) in [6.45, 7) is 11.5. The van der Waals surface area contributed by atoms with E-state index in [1.54, 1.807) is 33.6 Å². The maximum absolute atomic E-state index is 12.8. The van der Waals surface area contributed by atoms with Crippen molar-refractivity contribution in [2.75, 3.05) is 7.05 Å². The van der Waals surface area contributed by atoms with Crippen molar-refractivity contribution >= 4 is 17.5 Å². The second-order valence-electron chi connectivity index (χ2n) is 6.99. The van der Waals surface area contributed by atoms with Crippen LogP contribution >= 0.6 is 11.6 Å². The van der Waals surface area contributed by atoms with Gasteiger partial charge in [-0.15, -0.1) is 0 Å². The Morgan fingerprint density at radius 1 is 1.07 bits per heavy atom. The fourth-order valence-electron chi connectivity index (χ4n) is 3.28. The van der Waals surface area contributed by atoms with Crippen molar-refractivity contribution in [2.45, 2.75) is 54.4 Å². The number of carbonyl (C=O) groups excluding carboxylic acids is 1. The maximum atomic E-state index is 12.8. The Labute approximate surface area is 169 Å². The molecule has 3 heterocycles. The van der Waals surface area contributed by atoms with E-state index in [0.717, 1.165) is 34.9 Å². The molecular weight excluding hydrogens is 378 g/mol. The molecule has 0 radical (unpaired) electrons. The second kappa shape index (κ2) is 7.79. The van der Waals surface area contributed by atoms with Crippen molar-refractivity contribution in [1.82, 2.24) is 34.2 Å². The molecular formula is C19H26ClN7O. The lowest BCUT2D eigenvalue weighted by Crippen LogP contribution is -2.27. The van der Waals surface area contributed by atoms with Crippen LogP contribution in [0.2, 0.25) is 5.02 Å². The first kappa shape index (κ1) is 20.1. The van der Waals surface area contributed by atoms with Gasteiger partial charge >= 0.3 is 0 Å². The molecule has 0 aromatic carbocycles. The molecule has 0 atom stereocenters. The van der Waals surface area contributed by atoms with Gasteiger partial charge in [-0.3, -0.25) is 14.2 Å². The molecule has 0 bridgehead atoms. The lowest BCUT2D eigenvalue weighted by molar-refractivity contribution is 0.0777. The van der Waals surface area contributed by atoms with Gasteiger partial charge in [0.1, 0.15) is 12.4 Å². The number of amides is 1. The van der Waals surface area contributed by atoms with Gasteiger partial charge in [-0.2, -0.15) is 15.3 Å². The van der Waals surface area contributed by atoms with Crippen LogP contribution in [0.15, 0.2) is 12.3 Å². The third-order valence-corrected chi connectivity index (χ3v) is 5.55. The number of aromatic nitrogens is 6. The molecule has 28 heavy (non-hydrogen) atoms. The number of rotatable bonds is 6. The quantitative estimate of drug-likeness (QED) is 0.634. The number of hydrogen-bond acceptors (Lipinski definition) is 4. The van der Waals surface area contributed by atoms with Crippen molar-refractivity contribution in [3.05, 3.63) is 51.3 Å². The highest BCUT2D eigenvalue weighted by Gasteiger charge is 2.19. The molecule has 8 nitrogen and oxygen atoms in total. The van der Waals surface area contributed by atoms with Crippen LogP contribution in [0.3, 0.4) is 0 Å². The Morgan fingerprint density at radius 3 is 2.32 bits per heavy atom. The fourth-order valence-corrected chi connectivity index (χ4v) is 3.42. The molecule has 0 spiro atoms. The highest BCUT2D eigenvalue weighted by molar-refractivity contribution is 6.31. The molecule has 9 heteroatoms. The summed E-state index contributed by atoms with van der Waals surface area (Å²) < 4.78 is 5.41. The van der Waals surface area contributed by atoms with Crippen LogP contribution in [-0.2, 0) is 19.8 Å². The third kappa shape index (κ3) is 3.69. The van der Waals surface area contributed by atoms with Crippen molar-refractivity contribution in [3.8, 4) is 0 Å². The monoisotopic (exact) mass is 403 g/mol. The van der Waals surface area contributed by atoms with Crippen LogP contribution in [0, 0.1) is 27.7 Å². The maximum Gasteiger partial charge on any atom is 0.274 e. The van der Waals surface area contributed by atoms with Gasteiger partial charge in [-0.25, -0.2) is 4.68 Å². The first-order chi connectivity index (χ1) is 13.2. The predicted octanol–water partition coefficient (Wildman–Crippen LogP) is 2.96. The molecule has 0 saturated heterocycles. The average Bonchev–Trinajstić information content (AvgIpc) is 3.31. The second-order valence-corrected chi connectivity index (χ2v) is 7.37. The zero-order valence-corrected chi connectivity index (χ0v) is 17.9. The summed E-state index contributed by atoms with van der Waals surface area (Å²) in [5, 5.41) is 14.0. The van der Waals surface area contributed by atoms with Crippen molar-refractivity contribution in [2.24, 2.45) is 0 Å². The van der Waals surface area contributed by atoms with Crippen molar-refractivity contribution in [1.29, 1.82) is 0 Å². The largest absolute Gasteiger partial charge is 0.336 e. The minimum absolute atomic E-state index is 0.131. The minimum atomic E-state index is -0.131. The van der Waals surface area contributed by atoms with E-state index < -0.39 is 0 Å². The number of aryl methyl sites for hydroxylation is 3. The van der Waals surface area contributed by atoms with Gasteiger partial charge in [-0.1, -0.05) is 11.6 Å². The van der Waals surface area contributed by atoms with Gasteiger partial charge in [0, 0.05) is 37.6 Å². The Balaban J connectivity index is 1.73. The molecule has 0 fully saturated rings. The third-order valence-electron chi connectivity index (χ3n) is 5.00. The first-order valence-electron chi connectivity index (χ1n) is 9.24. The van der Waals surface area contributed by atoms with E-state index in [4.69, 9.17) is 11.6 Å². The zero-order valence-electron chi connectivity index (χ0n) is 17.2. The number of carbonyl (C=O) groups is 1. The van der Waals surface area contributed by atoms with Gasteiger partial charge in [-0.05, 0) is 40.7 Å². The van der Waals surface area contributed by atoms with Gasteiger partial charge in [0.05, 0.1) is 22.1 Å². The summed E-state index contributed by atoms with van der Waals surface area (Å²) in [4.78, 5) is 14.5. The number of halogens is 1. The lowest BCUT2D eigenvalue weighted by atomic mass is 10.2. The SMILES string of the molecule is CCn1nc(C)c(CN(C)C(=O)c2ccn(Cn3nc(C)c(Cl)c3C)n2)c1C. The van der Waals surface area contributed by atoms with Crippen molar-refractivity contribution < 1.29 is 4.79 Å². The van der Waals surface area contributed by atoms with E-state index in [1.807, 2.05) is 32.4 Å². The molecule has 0 aliphatic rings. The molecule has 150 valence electrons. The van der Waals surface area contributed by atoms with Crippen LogP contribution in [0.5, 0.6) is 0 Å². The first-order valence-corrected chi connectivity index (χ1v) is 9.62. The Kier molecular flexibility index (Phi) is 5.60. The topological polar surface area (TPSA) is 73.8 Å². The van der Waals surface area contributed by atoms with E-state index in [-0.39, 0.29) is 5.91 Å². The fraction of sp³-hybridized carbons (Fsp3) is 0.474. The molecule has 3 aromatic heterocycles. The van der Waals surface area contributed by atoms with Gasteiger partial charge in [0.15, 0.2) is 0 Å². The van der Waals surface area contributed by atoms with Crippen LogP contribution in [-0.4, -0.2) is 47.2 Å². The summed E-state index contributed by atoms with van der Waals surface area (Å²) in [5.74, 6) is -0.131. The van der Waals surface area contributed by atoms with Gasteiger partial charge < -0.3 is 4.90 Å². The predicted molar refractivity (Wildman–Crippen MR) is 108 cm³/mol. The van der Waals surface area contributed by atoms with Crippen LogP contribution in [0.4, 0.5) is 0 Å². The van der Waals surface area contributed by atoms with E-state index in [0.29, 0.717) is 23.9 Å². The molecule has 0 unspecified atom stereocenters. The lowest BCUT2D eigenvalue weighted by Gasteiger charge is -2.16. The molecule has 3 aromatic rings. The standard InChI is InChI=1S/C19H26ClN7O/c1-7-26-14(4)16(12(2)21-26)10-24(6)19(28)17-8-9-25(23-17)11-27-15(5)18(20)13(3)22-27/h8-9H,7,10-11H2,1-6H3. The van der Waals surface area contributed by atoms with E-state index in [1.165, 1.54) is 0 Å². The summed E-state index contributed by atoms with van der Waals surface area (Å²) in [6.07, 6.45) is 1.77. The summed E-state index contributed by atoms with van der Waals surface area (Å²) >= 11 is 6.20. The molecule has 3 rings (SSSR count). The molecule has 0 aliphatic heterocycles. The minimum Gasteiger partial charge on any atom is -0.336 e.